The number of hydrogen-bond donors (Lipinski definition) is 0. The molecule has 4 rings (SSSR count). The molecule has 0 unspecified atom stereocenters. The van der Waals surface area contributed by atoms with Gasteiger partial charge in [0.25, 0.3) is 0 Å². The number of methoxy groups -OCH3 is 1. The summed E-state index contributed by atoms with van der Waals surface area (Å²) >= 11 is 1.43. The third-order valence-corrected chi connectivity index (χ3v) is 6.33. The summed E-state index contributed by atoms with van der Waals surface area (Å²) in [6.45, 7) is 4.14. The van der Waals surface area contributed by atoms with E-state index in [1.165, 1.54) is 11.8 Å². The number of amides is 1. The van der Waals surface area contributed by atoms with Gasteiger partial charge in [-0.25, -0.2) is 4.98 Å². The number of imidazole rings is 1. The Kier molecular flexibility index (Phi) is 5.63. The number of benzene rings is 2. The van der Waals surface area contributed by atoms with E-state index in [4.69, 9.17) is 4.74 Å². The number of rotatable bonds is 6. The van der Waals surface area contributed by atoms with Crippen LogP contribution < -0.4 is 9.64 Å². The lowest BCUT2D eigenvalue weighted by Crippen LogP contribution is -2.25. The lowest BCUT2D eigenvalue weighted by atomic mass is 10.0. The molecule has 0 N–H and O–H groups in total. The number of carbonyl (C=O) groups excluding carboxylic acids is 2. The number of thioether (sulfide) groups is 1. The van der Waals surface area contributed by atoms with Crippen molar-refractivity contribution in [3.8, 4) is 11.4 Å². The molecule has 0 radical (unpaired) electrons. The molecule has 0 aliphatic carbocycles. The van der Waals surface area contributed by atoms with Crippen LogP contribution in [0.3, 0.4) is 0 Å². The molecule has 1 aliphatic rings. The van der Waals surface area contributed by atoms with Gasteiger partial charge in [-0.05, 0) is 61.4 Å². The van der Waals surface area contributed by atoms with Crippen LogP contribution in [-0.4, -0.2) is 40.1 Å². The van der Waals surface area contributed by atoms with Crippen LogP contribution in [-0.2, 0) is 11.2 Å². The van der Waals surface area contributed by atoms with Gasteiger partial charge in [0.1, 0.15) is 5.75 Å². The topological polar surface area (TPSA) is 64.4 Å². The van der Waals surface area contributed by atoms with Crippen LogP contribution in [0, 0.1) is 0 Å². The highest BCUT2D eigenvalue weighted by Crippen LogP contribution is 2.31. The molecule has 154 valence electrons. The second-order valence-electron chi connectivity index (χ2n) is 7.17. The first-order valence-electron chi connectivity index (χ1n) is 9.77. The number of nitrogens with zero attached hydrogens (tertiary/aromatic N) is 3. The first kappa shape index (κ1) is 20.2. The van der Waals surface area contributed by atoms with E-state index in [1.54, 1.807) is 25.1 Å². The molecule has 0 saturated carbocycles. The Labute approximate surface area is 179 Å². The number of ether oxygens (including phenoxy) is 1. The molecule has 7 heteroatoms. The summed E-state index contributed by atoms with van der Waals surface area (Å²) in [4.78, 5) is 31.0. The number of fused-ring (bicyclic) bond motifs is 1. The predicted molar refractivity (Wildman–Crippen MR) is 118 cm³/mol. The standard InChI is InChI=1S/C23H23N3O3S/c1-15(22(28)18-4-9-21-17(14-18)10-12-25(21)16(2)27)30-23-24-11-13-26(23)19-5-7-20(29-3)8-6-19/h4-9,11,13-15H,10,12H2,1-3H3/t15-/m0/s1. The van der Waals surface area contributed by atoms with Gasteiger partial charge < -0.3 is 9.64 Å². The van der Waals surface area contributed by atoms with Crippen molar-refractivity contribution in [1.82, 2.24) is 9.55 Å². The Balaban J connectivity index is 1.51. The second-order valence-corrected chi connectivity index (χ2v) is 8.47. The molecule has 2 aromatic carbocycles. The van der Waals surface area contributed by atoms with Crippen LogP contribution in [0.2, 0.25) is 0 Å². The lowest BCUT2D eigenvalue weighted by Gasteiger charge is -2.16. The lowest BCUT2D eigenvalue weighted by molar-refractivity contribution is -0.116. The molecule has 0 fully saturated rings. The van der Waals surface area contributed by atoms with E-state index >= 15 is 0 Å². The highest BCUT2D eigenvalue weighted by atomic mass is 32.2. The molecular weight excluding hydrogens is 398 g/mol. The van der Waals surface area contributed by atoms with Crippen LogP contribution in [0.25, 0.3) is 5.69 Å². The summed E-state index contributed by atoms with van der Waals surface area (Å²) in [6.07, 6.45) is 4.39. The van der Waals surface area contributed by atoms with Gasteiger partial charge in [-0.3, -0.25) is 14.2 Å². The number of ketones is 1. The molecule has 0 spiro atoms. The average molecular weight is 422 g/mol. The summed E-state index contributed by atoms with van der Waals surface area (Å²) < 4.78 is 7.18. The minimum Gasteiger partial charge on any atom is -0.497 e. The van der Waals surface area contributed by atoms with Crippen molar-refractivity contribution in [3.63, 3.8) is 0 Å². The molecule has 1 amide bonds. The number of Topliss-reactive ketones (excluding diaryl/α,β-unsaturated/α-hetero) is 1. The van der Waals surface area contributed by atoms with Gasteiger partial charge in [-0.2, -0.15) is 0 Å². The number of hydrogen-bond acceptors (Lipinski definition) is 5. The van der Waals surface area contributed by atoms with Crippen molar-refractivity contribution >= 4 is 29.1 Å². The molecule has 1 atom stereocenters. The van der Waals surface area contributed by atoms with Gasteiger partial charge in [0, 0.05) is 42.8 Å². The van der Waals surface area contributed by atoms with Gasteiger partial charge in [-0.15, -0.1) is 0 Å². The van der Waals surface area contributed by atoms with Crippen LogP contribution >= 0.6 is 11.8 Å². The molecule has 3 aromatic rings. The molecule has 0 saturated heterocycles. The van der Waals surface area contributed by atoms with Crippen LogP contribution in [0.4, 0.5) is 5.69 Å². The Morgan fingerprint density at radius 1 is 1.17 bits per heavy atom. The van der Waals surface area contributed by atoms with E-state index in [0.29, 0.717) is 12.1 Å². The first-order chi connectivity index (χ1) is 14.5. The minimum absolute atomic E-state index is 0.0297. The molecule has 6 nitrogen and oxygen atoms in total. The number of aromatic nitrogens is 2. The zero-order valence-corrected chi connectivity index (χ0v) is 18.0. The Morgan fingerprint density at radius 2 is 1.93 bits per heavy atom. The van der Waals surface area contributed by atoms with E-state index in [2.05, 4.69) is 4.98 Å². The molecule has 0 bridgehead atoms. The fourth-order valence-corrected chi connectivity index (χ4v) is 4.61. The monoisotopic (exact) mass is 421 g/mol. The predicted octanol–water partition coefficient (Wildman–Crippen LogP) is 4.15. The minimum atomic E-state index is -0.298. The smallest absolute Gasteiger partial charge is 0.223 e. The quantitative estimate of drug-likeness (QED) is 0.442. The van der Waals surface area contributed by atoms with Gasteiger partial charge in [0.05, 0.1) is 12.4 Å². The molecule has 1 aliphatic heterocycles. The Bertz CT molecular complexity index is 1090. The average Bonchev–Trinajstić information content (AvgIpc) is 3.39. The summed E-state index contributed by atoms with van der Waals surface area (Å²) in [5.74, 6) is 0.868. The highest BCUT2D eigenvalue weighted by molar-refractivity contribution is 8.00. The van der Waals surface area contributed by atoms with E-state index in [1.807, 2.05) is 60.2 Å². The zero-order valence-electron chi connectivity index (χ0n) is 17.2. The SMILES string of the molecule is COc1ccc(-n2ccnc2S[C@@H](C)C(=O)c2ccc3c(c2)CCN3C(C)=O)cc1. The fourth-order valence-electron chi connectivity index (χ4n) is 3.64. The maximum atomic E-state index is 13.1. The highest BCUT2D eigenvalue weighted by Gasteiger charge is 2.25. The summed E-state index contributed by atoms with van der Waals surface area (Å²) in [5.41, 5.74) is 3.58. The van der Waals surface area contributed by atoms with Crippen molar-refractivity contribution in [2.45, 2.75) is 30.7 Å². The summed E-state index contributed by atoms with van der Waals surface area (Å²) in [6, 6.07) is 13.3. The van der Waals surface area contributed by atoms with Crippen molar-refractivity contribution in [2.24, 2.45) is 0 Å². The summed E-state index contributed by atoms with van der Waals surface area (Å²) in [7, 11) is 1.64. The third kappa shape index (κ3) is 3.85. The van der Waals surface area contributed by atoms with Crippen molar-refractivity contribution in [1.29, 1.82) is 0 Å². The van der Waals surface area contributed by atoms with Gasteiger partial charge in [0.2, 0.25) is 5.91 Å². The number of anilines is 1. The fraction of sp³-hybridized carbons (Fsp3) is 0.261. The van der Waals surface area contributed by atoms with E-state index in [0.717, 1.165) is 34.3 Å². The normalized spacial score (nSPS) is 13.8. The third-order valence-electron chi connectivity index (χ3n) is 5.25. The largest absolute Gasteiger partial charge is 0.497 e. The number of carbonyl (C=O) groups is 2. The van der Waals surface area contributed by atoms with Crippen LogP contribution in [0.15, 0.2) is 60.0 Å². The Hall–Kier alpha value is -3.06. The van der Waals surface area contributed by atoms with E-state index in [9.17, 15) is 9.59 Å². The molecular formula is C23H23N3O3S. The maximum Gasteiger partial charge on any atom is 0.223 e. The van der Waals surface area contributed by atoms with E-state index in [-0.39, 0.29) is 16.9 Å². The first-order valence-corrected chi connectivity index (χ1v) is 10.7. The van der Waals surface area contributed by atoms with Crippen molar-refractivity contribution in [2.75, 3.05) is 18.6 Å². The second kappa shape index (κ2) is 8.36. The van der Waals surface area contributed by atoms with Gasteiger partial charge >= 0.3 is 0 Å². The van der Waals surface area contributed by atoms with Crippen LogP contribution in [0.1, 0.15) is 29.8 Å². The van der Waals surface area contributed by atoms with Crippen molar-refractivity contribution < 1.29 is 14.3 Å². The van der Waals surface area contributed by atoms with Gasteiger partial charge in [0.15, 0.2) is 10.9 Å². The maximum absolute atomic E-state index is 13.1. The molecule has 2 heterocycles. The molecule has 1 aromatic heterocycles. The molecule has 30 heavy (non-hydrogen) atoms. The van der Waals surface area contributed by atoms with Gasteiger partial charge in [-0.1, -0.05) is 11.8 Å². The summed E-state index contributed by atoms with van der Waals surface area (Å²) in [5, 5.41) is 0.456. The zero-order chi connectivity index (χ0) is 21.3. The van der Waals surface area contributed by atoms with E-state index < -0.39 is 0 Å². The Morgan fingerprint density at radius 3 is 2.63 bits per heavy atom. The van der Waals surface area contributed by atoms with Crippen molar-refractivity contribution in [3.05, 3.63) is 66.0 Å². The van der Waals surface area contributed by atoms with Crippen LogP contribution in [0.5, 0.6) is 5.75 Å².